The van der Waals surface area contributed by atoms with Crippen molar-refractivity contribution in [3.05, 3.63) is 0 Å². The van der Waals surface area contributed by atoms with E-state index in [-0.39, 0.29) is 11.2 Å². The highest BCUT2D eigenvalue weighted by Crippen LogP contribution is 2.63. The monoisotopic (exact) mass is 166 g/mol. The maximum Gasteiger partial charge on any atom is 0.167 e. The summed E-state index contributed by atoms with van der Waals surface area (Å²) in [6.45, 7) is 0. The molecule has 0 bridgehead atoms. The molecule has 12 heavy (non-hydrogen) atoms. The zero-order chi connectivity index (χ0) is 8.23. The molecule has 2 aliphatic carbocycles. The van der Waals surface area contributed by atoms with Gasteiger partial charge in [-0.25, -0.2) is 0 Å². The Morgan fingerprint density at radius 1 is 1.08 bits per heavy atom. The third kappa shape index (κ3) is 0.598. The van der Waals surface area contributed by atoms with Crippen LogP contribution in [0.15, 0.2) is 0 Å². The Balaban J connectivity index is 1.97. The summed E-state index contributed by atoms with van der Waals surface area (Å²) in [5.41, 5.74) is -0.218. The number of ketones is 1. The van der Waals surface area contributed by atoms with Crippen LogP contribution in [0.2, 0.25) is 0 Å². The average molecular weight is 166 g/mol. The summed E-state index contributed by atoms with van der Waals surface area (Å²) in [6, 6.07) is 0. The molecule has 0 unspecified atom stereocenters. The van der Waals surface area contributed by atoms with E-state index in [9.17, 15) is 4.79 Å². The van der Waals surface area contributed by atoms with Gasteiger partial charge in [-0.3, -0.25) is 4.79 Å². The first-order valence-corrected chi connectivity index (χ1v) is 5.03. The Kier molecular flexibility index (Phi) is 1.13. The summed E-state index contributed by atoms with van der Waals surface area (Å²) < 4.78 is 5.73. The Labute approximate surface area is 72.3 Å². The van der Waals surface area contributed by atoms with Gasteiger partial charge in [0.25, 0.3) is 0 Å². The molecule has 0 amide bonds. The number of carbonyl (C=O) groups is 1. The lowest BCUT2D eigenvalue weighted by atomic mass is 9.91. The van der Waals surface area contributed by atoms with E-state index in [0.29, 0.717) is 5.78 Å². The molecule has 1 aliphatic heterocycles. The minimum Gasteiger partial charge on any atom is -0.354 e. The van der Waals surface area contributed by atoms with E-state index in [1.54, 1.807) is 0 Å². The Bertz CT molecular complexity index is 248. The van der Waals surface area contributed by atoms with Crippen molar-refractivity contribution in [1.29, 1.82) is 0 Å². The highest BCUT2D eigenvalue weighted by atomic mass is 16.6. The average Bonchev–Trinajstić information content (AvgIpc) is 2.64. The lowest BCUT2D eigenvalue weighted by Gasteiger charge is -2.04. The summed E-state index contributed by atoms with van der Waals surface area (Å²) in [7, 11) is 0. The largest absolute Gasteiger partial charge is 0.354 e. The molecule has 0 N–H and O–H groups in total. The molecule has 2 saturated carbocycles. The molecule has 2 nitrogen and oxygen atoms in total. The van der Waals surface area contributed by atoms with Crippen LogP contribution in [0, 0.1) is 0 Å². The van der Waals surface area contributed by atoms with E-state index < -0.39 is 0 Å². The number of epoxide rings is 1. The van der Waals surface area contributed by atoms with Crippen LogP contribution in [-0.2, 0) is 9.53 Å². The van der Waals surface area contributed by atoms with Crippen molar-refractivity contribution in [2.45, 2.75) is 56.1 Å². The summed E-state index contributed by atoms with van der Waals surface area (Å²) in [5.74, 6) is 0.393. The minimum atomic E-state index is -0.260. The first-order valence-electron chi connectivity index (χ1n) is 5.03. The van der Waals surface area contributed by atoms with Crippen molar-refractivity contribution in [3.8, 4) is 0 Å². The summed E-state index contributed by atoms with van der Waals surface area (Å²) in [6.07, 6.45) is 7.67. The second-order valence-electron chi connectivity index (χ2n) is 4.41. The van der Waals surface area contributed by atoms with Gasteiger partial charge in [0.2, 0.25) is 0 Å². The van der Waals surface area contributed by atoms with Crippen LogP contribution in [0.3, 0.4) is 0 Å². The van der Waals surface area contributed by atoms with Crippen LogP contribution >= 0.6 is 0 Å². The quantitative estimate of drug-likeness (QED) is 0.514. The molecule has 2 heteroatoms. The van der Waals surface area contributed by atoms with Gasteiger partial charge in [0.05, 0.1) is 0 Å². The number of carbonyl (C=O) groups excluding carboxylic acids is 1. The first kappa shape index (κ1) is 7.07. The normalized spacial score (nSPS) is 51.2. The summed E-state index contributed by atoms with van der Waals surface area (Å²) in [5, 5.41) is 0. The molecule has 3 fully saturated rings. The number of rotatable bonds is 0. The number of Topliss-reactive ketones (excluding diaryl/α,β-unsaturated/α-hetero) is 1. The highest BCUT2D eigenvalue weighted by Gasteiger charge is 2.76. The molecule has 3 rings (SSSR count). The Morgan fingerprint density at radius 3 is 2.83 bits per heavy atom. The molecular weight excluding hydrogens is 152 g/mol. The molecule has 0 aromatic carbocycles. The summed E-state index contributed by atoms with van der Waals surface area (Å²) >= 11 is 0. The SMILES string of the molecule is O=C1CC[C@]23CCCCC[C@]12O3. The van der Waals surface area contributed by atoms with Gasteiger partial charge in [0.15, 0.2) is 11.4 Å². The van der Waals surface area contributed by atoms with Crippen molar-refractivity contribution in [1.82, 2.24) is 0 Å². The Hall–Kier alpha value is -0.370. The zero-order valence-corrected chi connectivity index (χ0v) is 7.27. The predicted octanol–water partition coefficient (Wildman–Crippen LogP) is 1.82. The standard InChI is InChI=1S/C10H14O2/c11-8-4-7-9-5-2-1-3-6-10(8,9)12-9/h1-7H2/t9-,10+/m1/s1. The molecule has 2 atom stereocenters. The third-order valence-corrected chi connectivity index (χ3v) is 3.88. The van der Waals surface area contributed by atoms with Crippen LogP contribution in [0.1, 0.15) is 44.9 Å². The smallest absolute Gasteiger partial charge is 0.167 e. The van der Waals surface area contributed by atoms with Crippen LogP contribution in [0.5, 0.6) is 0 Å². The maximum absolute atomic E-state index is 11.6. The molecule has 1 heterocycles. The minimum absolute atomic E-state index is 0.0422. The van der Waals surface area contributed by atoms with Crippen molar-refractivity contribution in [3.63, 3.8) is 0 Å². The number of hydrogen-bond donors (Lipinski definition) is 0. The van der Waals surface area contributed by atoms with E-state index in [1.807, 2.05) is 0 Å². The Morgan fingerprint density at radius 2 is 1.92 bits per heavy atom. The second kappa shape index (κ2) is 1.92. The van der Waals surface area contributed by atoms with Gasteiger partial charge in [-0.05, 0) is 25.7 Å². The van der Waals surface area contributed by atoms with E-state index in [0.717, 1.165) is 25.7 Å². The van der Waals surface area contributed by atoms with Gasteiger partial charge in [0, 0.05) is 6.42 Å². The van der Waals surface area contributed by atoms with E-state index in [4.69, 9.17) is 4.74 Å². The zero-order valence-electron chi connectivity index (χ0n) is 7.27. The van der Waals surface area contributed by atoms with Crippen molar-refractivity contribution in [2.75, 3.05) is 0 Å². The van der Waals surface area contributed by atoms with Gasteiger partial charge in [-0.2, -0.15) is 0 Å². The van der Waals surface area contributed by atoms with Crippen LogP contribution in [0.25, 0.3) is 0 Å². The van der Waals surface area contributed by atoms with Gasteiger partial charge in [0.1, 0.15) is 5.60 Å². The molecule has 1 saturated heterocycles. The van der Waals surface area contributed by atoms with Gasteiger partial charge in [-0.1, -0.05) is 12.8 Å². The van der Waals surface area contributed by atoms with Crippen molar-refractivity contribution in [2.24, 2.45) is 0 Å². The van der Waals surface area contributed by atoms with Gasteiger partial charge < -0.3 is 4.74 Å². The van der Waals surface area contributed by atoms with E-state index >= 15 is 0 Å². The molecule has 3 aliphatic rings. The molecule has 0 radical (unpaired) electrons. The van der Waals surface area contributed by atoms with Gasteiger partial charge in [-0.15, -0.1) is 0 Å². The number of ether oxygens (including phenoxy) is 1. The highest BCUT2D eigenvalue weighted by molar-refractivity contribution is 5.95. The molecule has 66 valence electrons. The number of hydrogen-bond acceptors (Lipinski definition) is 2. The van der Waals surface area contributed by atoms with E-state index in [1.165, 1.54) is 19.3 Å². The first-order chi connectivity index (χ1) is 5.79. The van der Waals surface area contributed by atoms with Crippen molar-refractivity contribution >= 4 is 5.78 Å². The summed E-state index contributed by atoms with van der Waals surface area (Å²) in [4.78, 5) is 11.6. The third-order valence-electron chi connectivity index (χ3n) is 3.88. The fraction of sp³-hybridized carbons (Fsp3) is 0.900. The van der Waals surface area contributed by atoms with Crippen LogP contribution in [-0.4, -0.2) is 17.0 Å². The van der Waals surface area contributed by atoms with Crippen molar-refractivity contribution < 1.29 is 9.53 Å². The lowest BCUT2D eigenvalue weighted by molar-refractivity contribution is -0.124. The van der Waals surface area contributed by atoms with Crippen LogP contribution in [0.4, 0.5) is 0 Å². The topological polar surface area (TPSA) is 29.6 Å². The molecule has 0 spiro atoms. The molecule has 0 aromatic heterocycles. The predicted molar refractivity (Wildman–Crippen MR) is 43.9 cm³/mol. The van der Waals surface area contributed by atoms with Crippen LogP contribution < -0.4 is 0 Å². The fourth-order valence-corrected chi connectivity index (χ4v) is 3.15. The lowest BCUT2D eigenvalue weighted by Crippen LogP contribution is -2.25. The second-order valence-corrected chi connectivity index (χ2v) is 4.41. The van der Waals surface area contributed by atoms with E-state index in [2.05, 4.69) is 0 Å². The molecular formula is C10H14O2. The molecule has 0 aromatic rings. The maximum atomic E-state index is 11.6. The van der Waals surface area contributed by atoms with Gasteiger partial charge >= 0.3 is 0 Å². The fourth-order valence-electron chi connectivity index (χ4n) is 3.15.